The Hall–Kier alpha value is -7.16. The van der Waals surface area contributed by atoms with Gasteiger partial charge in [-0.15, -0.1) is 15.3 Å². The molecule has 10 N–H and O–H groups in total. The Bertz CT molecular complexity index is 3290. The van der Waals surface area contributed by atoms with Gasteiger partial charge in [0.15, 0.2) is 15.6 Å². The number of azo groups is 3. The Labute approximate surface area is 347 Å². The lowest BCUT2D eigenvalue weighted by Crippen LogP contribution is -2.12. The molecule has 0 aliphatic rings. The van der Waals surface area contributed by atoms with Crippen LogP contribution in [-0.2, 0) is 40.1 Å². The first-order valence-corrected chi connectivity index (χ1v) is 22.7. The maximum absolute atomic E-state index is 13.1. The number of anilines is 4. The Morgan fingerprint density at radius 1 is 0.574 bits per heavy atom. The minimum atomic E-state index is -5.23. The molecule has 0 aliphatic carbocycles. The summed E-state index contributed by atoms with van der Waals surface area (Å²) in [5.41, 5.74) is 17.2. The van der Waals surface area contributed by atoms with Crippen LogP contribution in [0.15, 0.2) is 165 Å². The van der Waals surface area contributed by atoms with Gasteiger partial charge in [-0.2, -0.15) is 32.2 Å². The van der Waals surface area contributed by atoms with E-state index in [1.54, 1.807) is 12.1 Å². The smallest absolute Gasteiger partial charge is 0.296 e. The molecule has 0 saturated heterocycles. The molecule has 314 valence electrons. The SMILES string of the molecule is C=CS(=O)(=O)c1ccc(N=Nc2c(S(=O)(=O)O)cc3cc(S(=O)(=O)O)c(N=Nc4ccc(S(=O)(=O)Nc5ccc(N=Nc6ccc(N)cc6N)cc5)cc4)c(O)c3c2N)cc1. The molecule has 0 bridgehead atoms. The van der Waals surface area contributed by atoms with Crippen LogP contribution in [0.2, 0.25) is 0 Å². The van der Waals surface area contributed by atoms with Gasteiger partial charge in [-0.1, -0.05) is 6.58 Å². The Balaban J connectivity index is 1.29. The van der Waals surface area contributed by atoms with E-state index < -0.39 is 83.5 Å². The van der Waals surface area contributed by atoms with Crippen molar-refractivity contribution in [1.29, 1.82) is 0 Å². The summed E-state index contributed by atoms with van der Waals surface area (Å²) in [4.78, 5) is -2.39. The Morgan fingerprint density at radius 3 is 1.56 bits per heavy atom. The standard InChI is InChI=1S/C36H30N10O11S4/c1-2-58(48,49)26-12-8-23(9-13-26)41-44-34-30(60(52,53)54)17-20-18-31(61(55,56)57)35(36(47)32(20)33(34)39)45-42-24-10-14-27(15-11-24)59(50,51)46-25-6-4-22(5-7-25)40-43-29-16-3-21(37)19-28(29)38/h2-19,46-47H,1,37-39H2,(H,52,53,54)(H,55,56,57). The van der Waals surface area contributed by atoms with Crippen LogP contribution in [0.5, 0.6) is 5.75 Å². The van der Waals surface area contributed by atoms with Gasteiger partial charge in [0.25, 0.3) is 30.3 Å². The Morgan fingerprint density at radius 2 is 1.05 bits per heavy atom. The van der Waals surface area contributed by atoms with Crippen molar-refractivity contribution in [2.45, 2.75) is 19.6 Å². The number of rotatable bonds is 13. The molecule has 21 nitrogen and oxygen atoms in total. The zero-order valence-corrected chi connectivity index (χ0v) is 34.0. The van der Waals surface area contributed by atoms with Crippen molar-refractivity contribution in [3.63, 3.8) is 0 Å². The van der Waals surface area contributed by atoms with Crippen LogP contribution in [0.25, 0.3) is 10.8 Å². The van der Waals surface area contributed by atoms with Crippen molar-refractivity contribution in [3.8, 4) is 5.75 Å². The number of hydrogen-bond donors (Lipinski definition) is 7. The molecule has 0 unspecified atom stereocenters. The predicted octanol–water partition coefficient (Wildman–Crippen LogP) is 7.75. The number of phenolic OH excluding ortho intramolecular Hbond substituents is 1. The van der Waals surface area contributed by atoms with E-state index in [9.17, 15) is 47.9 Å². The summed E-state index contributed by atoms with van der Waals surface area (Å²) in [6.07, 6.45) is 0. The molecule has 0 amide bonds. The molecule has 0 radical (unpaired) electrons. The number of sulfonamides is 1. The second-order valence-electron chi connectivity index (χ2n) is 12.5. The van der Waals surface area contributed by atoms with Gasteiger partial charge in [-0.3, -0.25) is 13.8 Å². The van der Waals surface area contributed by atoms with E-state index in [1.165, 1.54) is 66.7 Å². The lowest BCUT2D eigenvalue weighted by molar-refractivity contribution is 0.472. The first kappa shape index (κ1) is 43.4. The average molecular weight is 907 g/mol. The zero-order chi connectivity index (χ0) is 44.5. The van der Waals surface area contributed by atoms with E-state index in [1.807, 2.05) is 0 Å². The fourth-order valence-corrected chi connectivity index (χ4v) is 8.49. The minimum Gasteiger partial charge on any atom is -0.505 e. The number of nitrogen functional groups attached to an aromatic ring is 3. The van der Waals surface area contributed by atoms with Gasteiger partial charge < -0.3 is 22.3 Å². The molecule has 0 atom stereocenters. The number of aromatic hydroxyl groups is 1. The van der Waals surface area contributed by atoms with E-state index in [-0.39, 0.29) is 26.9 Å². The summed E-state index contributed by atoms with van der Waals surface area (Å²) in [5, 5.41) is 34.7. The molecule has 0 aromatic heterocycles. The number of nitrogens with zero attached hydrogens (tertiary/aromatic N) is 6. The molecular formula is C36H30N10O11S4. The summed E-state index contributed by atoms with van der Waals surface area (Å²) >= 11 is 0. The van der Waals surface area contributed by atoms with E-state index in [0.29, 0.717) is 34.9 Å². The van der Waals surface area contributed by atoms with Crippen molar-refractivity contribution in [2.24, 2.45) is 30.7 Å². The van der Waals surface area contributed by atoms with E-state index in [0.717, 1.165) is 17.5 Å². The summed E-state index contributed by atoms with van der Waals surface area (Å²) in [6, 6.07) is 21.5. The number of benzene rings is 6. The Kier molecular flexibility index (Phi) is 11.7. The lowest BCUT2D eigenvalue weighted by atomic mass is 10.1. The van der Waals surface area contributed by atoms with Crippen LogP contribution in [0.3, 0.4) is 0 Å². The number of nitrogens with two attached hydrogens (primary N) is 3. The van der Waals surface area contributed by atoms with E-state index >= 15 is 0 Å². The molecule has 0 saturated carbocycles. The molecule has 6 rings (SSSR count). The fraction of sp³-hybridized carbons (Fsp3) is 0. The van der Waals surface area contributed by atoms with E-state index in [2.05, 4.69) is 42.0 Å². The van der Waals surface area contributed by atoms with Gasteiger partial charge in [-0.05, 0) is 109 Å². The molecular weight excluding hydrogens is 877 g/mol. The topological polar surface area (TPSA) is 361 Å². The molecule has 61 heavy (non-hydrogen) atoms. The molecule has 6 aromatic carbocycles. The molecule has 0 fully saturated rings. The minimum absolute atomic E-state index is 0.00529. The maximum Gasteiger partial charge on any atom is 0.296 e. The first-order chi connectivity index (χ1) is 28.6. The van der Waals surface area contributed by atoms with Crippen LogP contribution in [0.1, 0.15) is 0 Å². The molecule has 0 aliphatic heterocycles. The third-order valence-corrected chi connectivity index (χ3v) is 12.9. The van der Waals surface area contributed by atoms with Crippen molar-refractivity contribution < 1.29 is 47.9 Å². The second-order valence-corrected chi connectivity index (χ2v) is 18.9. The highest BCUT2D eigenvalue weighted by Gasteiger charge is 2.28. The van der Waals surface area contributed by atoms with Crippen LogP contribution in [0, 0.1) is 0 Å². The van der Waals surface area contributed by atoms with Crippen molar-refractivity contribution >= 4 is 108 Å². The molecule has 0 spiro atoms. The summed E-state index contributed by atoms with van der Waals surface area (Å²) < 4.78 is 123. The van der Waals surface area contributed by atoms with Crippen molar-refractivity contribution in [3.05, 3.63) is 115 Å². The number of fused-ring (bicyclic) bond motifs is 1. The average Bonchev–Trinajstić information content (AvgIpc) is 3.19. The lowest BCUT2D eigenvalue weighted by Gasteiger charge is -2.14. The number of nitrogens with one attached hydrogen (secondary N) is 1. The quantitative estimate of drug-likeness (QED) is 0.0331. The molecule has 25 heteroatoms. The monoisotopic (exact) mass is 906 g/mol. The molecule has 0 heterocycles. The highest BCUT2D eigenvalue weighted by Crippen LogP contribution is 2.48. The zero-order valence-electron chi connectivity index (χ0n) is 30.8. The highest BCUT2D eigenvalue weighted by molar-refractivity contribution is 7.94. The van der Waals surface area contributed by atoms with Gasteiger partial charge in [-0.25, -0.2) is 16.8 Å². The van der Waals surface area contributed by atoms with Crippen molar-refractivity contribution in [2.75, 3.05) is 21.9 Å². The van der Waals surface area contributed by atoms with Gasteiger partial charge in [0, 0.05) is 16.8 Å². The van der Waals surface area contributed by atoms with Crippen LogP contribution in [0.4, 0.5) is 56.9 Å². The van der Waals surface area contributed by atoms with E-state index in [4.69, 9.17) is 17.2 Å². The second kappa shape index (κ2) is 16.5. The van der Waals surface area contributed by atoms with Gasteiger partial charge in [0.1, 0.15) is 26.9 Å². The summed E-state index contributed by atoms with van der Waals surface area (Å²) in [5.74, 6) is -1.03. The van der Waals surface area contributed by atoms with Crippen LogP contribution >= 0.6 is 0 Å². The predicted molar refractivity (Wildman–Crippen MR) is 225 cm³/mol. The highest BCUT2D eigenvalue weighted by atomic mass is 32.2. The first-order valence-electron chi connectivity index (χ1n) is 16.8. The third-order valence-electron chi connectivity index (χ3n) is 8.38. The number of phenols is 1. The van der Waals surface area contributed by atoms with Crippen molar-refractivity contribution in [1.82, 2.24) is 0 Å². The summed E-state index contributed by atoms with van der Waals surface area (Å²) in [6.45, 7) is 3.24. The van der Waals surface area contributed by atoms with Gasteiger partial charge in [0.2, 0.25) is 0 Å². The number of sulfone groups is 1. The van der Waals surface area contributed by atoms with Crippen LogP contribution in [-0.4, -0.2) is 47.9 Å². The maximum atomic E-state index is 13.1. The van der Waals surface area contributed by atoms with Gasteiger partial charge in [0.05, 0.1) is 43.6 Å². The van der Waals surface area contributed by atoms with Gasteiger partial charge >= 0.3 is 0 Å². The largest absolute Gasteiger partial charge is 0.505 e. The third kappa shape index (κ3) is 9.67. The molecule has 6 aromatic rings. The normalized spacial score (nSPS) is 12.8. The summed E-state index contributed by atoms with van der Waals surface area (Å²) in [7, 11) is -18.4. The number of hydrogen-bond acceptors (Lipinski definition) is 18. The fourth-order valence-electron chi connectivity index (χ4n) is 5.40. The van der Waals surface area contributed by atoms with Crippen LogP contribution < -0.4 is 21.9 Å².